The minimum atomic E-state index is -0.589. The average Bonchev–Trinajstić information content (AvgIpc) is 2.56. The predicted octanol–water partition coefficient (Wildman–Crippen LogP) is 5.46. The van der Waals surface area contributed by atoms with Gasteiger partial charge in [-0.25, -0.2) is 0 Å². The molecule has 1 N–H and O–H groups in total. The zero-order chi connectivity index (χ0) is 18.2. The molecule has 7 heteroatoms. The number of nitrogens with one attached hydrogen (secondary N) is 1. The van der Waals surface area contributed by atoms with Crippen molar-refractivity contribution >= 4 is 52.5 Å². The van der Waals surface area contributed by atoms with Gasteiger partial charge in [0.15, 0.2) is 6.10 Å². The van der Waals surface area contributed by atoms with Crippen molar-refractivity contribution in [2.24, 2.45) is 0 Å². The van der Waals surface area contributed by atoms with Gasteiger partial charge < -0.3 is 10.1 Å². The van der Waals surface area contributed by atoms with Gasteiger partial charge in [0.25, 0.3) is 5.91 Å². The third kappa shape index (κ3) is 6.98. The summed E-state index contributed by atoms with van der Waals surface area (Å²) in [6.07, 6.45) is -0.589. The van der Waals surface area contributed by atoms with Crippen LogP contribution in [0.4, 0.5) is 0 Å². The van der Waals surface area contributed by atoms with Gasteiger partial charge in [0.2, 0.25) is 0 Å². The van der Waals surface area contributed by atoms with Crippen molar-refractivity contribution < 1.29 is 9.53 Å². The molecule has 0 aromatic heterocycles. The van der Waals surface area contributed by atoms with E-state index >= 15 is 0 Å². The molecule has 1 atom stereocenters. The van der Waals surface area contributed by atoms with E-state index in [9.17, 15) is 4.79 Å². The van der Waals surface area contributed by atoms with Crippen molar-refractivity contribution in [3.05, 3.63) is 63.1 Å². The smallest absolute Gasteiger partial charge is 0.260 e. The van der Waals surface area contributed by atoms with Crippen LogP contribution < -0.4 is 10.1 Å². The van der Waals surface area contributed by atoms with E-state index in [-0.39, 0.29) is 5.91 Å². The lowest BCUT2D eigenvalue weighted by Crippen LogP contribution is -2.37. The average molecular weight is 419 g/mol. The SMILES string of the molecule is C[C@@H](Oc1cccc(Cl)c1)C(=O)NCCSCc1ccc(Cl)cc1Cl. The molecular formula is C18H18Cl3NO2S. The molecule has 134 valence electrons. The van der Waals surface area contributed by atoms with Gasteiger partial charge in [-0.05, 0) is 42.8 Å². The molecule has 3 nitrogen and oxygen atoms in total. The van der Waals surface area contributed by atoms with E-state index < -0.39 is 6.10 Å². The monoisotopic (exact) mass is 417 g/mol. The molecule has 0 spiro atoms. The molecule has 0 fully saturated rings. The van der Waals surface area contributed by atoms with Gasteiger partial charge in [-0.3, -0.25) is 4.79 Å². The van der Waals surface area contributed by atoms with Gasteiger partial charge in [0.1, 0.15) is 5.75 Å². The fraction of sp³-hybridized carbons (Fsp3) is 0.278. The molecule has 0 radical (unpaired) electrons. The Balaban J connectivity index is 1.67. The second-order valence-electron chi connectivity index (χ2n) is 5.30. The first kappa shape index (κ1) is 20.2. The molecule has 0 aliphatic heterocycles. The zero-order valence-electron chi connectivity index (χ0n) is 13.6. The van der Waals surface area contributed by atoms with Crippen LogP contribution in [0.1, 0.15) is 12.5 Å². The van der Waals surface area contributed by atoms with Gasteiger partial charge in [-0.2, -0.15) is 11.8 Å². The third-order valence-corrected chi connectivity index (χ3v) is 5.13. The van der Waals surface area contributed by atoms with Crippen LogP contribution >= 0.6 is 46.6 Å². The number of benzene rings is 2. The molecule has 0 saturated heterocycles. The lowest BCUT2D eigenvalue weighted by molar-refractivity contribution is -0.127. The van der Waals surface area contributed by atoms with Crippen molar-refractivity contribution in [3.8, 4) is 5.75 Å². The van der Waals surface area contributed by atoms with E-state index in [1.54, 1.807) is 49.0 Å². The summed E-state index contributed by atoms with van der Waals surface area (Å²) in [4.78, 5) is 12.0. The van der Waals surface area contributed by atoms with Gasteiger partial charge in [-0.1, -0.05) is 46.9 Å². The van der Waals surface area contributed by atoms with Crippen LogP contribution in [0.25, 0.3) is 0 Å². The maximum atomic E-state index is 12.0. The lowest BCUT2D eigenvalue weighted by atomic mass is 10.2. The fourth-order valence-electron chi connectivity index (χ4n) is 2.01. The number of hydrogen-bond donors (Lipinski definition) is 1. The molecule has 0 bridgehead atoms. The number of carbonyl (C=O) groups is 1. The van der Waals surface area contributed by atoms with Crippen LogP contribution in [-0.4, -0.2) is 24.3 Å². The van der Waals surface area contributed by atoms with Gasteiger partial charge >= 0.3 is 0 Å². The summed E-state index contributed by atoms with van der Waals surface area (Å²) in [7, 11) is 0. The van der Waals surface area contributed by atoms with Crippen LogP contribution in [-0.2, 0) is 10.5 Å². The highest BCUT2D eigenvalue weighted by Crippen LogP contribution is 2.24. The van der Waals surface area contributed by atoms with Crippen LogP contribution in [0.15, 0.2) is 42.5 Å². The number of ether oxygens (including phenoxy) is 1. The van der Waals surface area contributed by atoms with Crippen molar-refractivity contribution in [3.63, 3.8) is 0 Å². The van der Waals surface area contributed by atoms with E-state index in [0.29, 0.717) is 27.4 Å². The molecule has 0 aliphatic carbocycles. The Labute approximate surface area is 167 Å². The number of amides is 1. The largest absolute Gasteiger partial charge is 0.481 e. The summed E-state index contributed by atoms with van der Waals surface area (Å²) in [6.45, 7) is 2.26. The standard InChI is InChI=1S/C18H18Cl3NO2S/c1-12(24-16-4-2-3-14(19)9-16)18(23)22-7-8-25-11-13-5-6-15(20)10-17(13)21/h2-6,9-10,12H,7-8,11H2,1H3,(H,22,23)/t12-/m1/s1. The second-order valence-corrected chi connectivity index (χ2v) is 7.68. The molecule has 0 unspecified atom stereocenters. The van der Waals surface area contributed by atoms with Crippen LogP contribution in [0.5, 0.6) is 5.75 Å². The molecule has 2 aromatic rings. The summed E-state index contributed by atoms with van der Waals surface area (Å²) >= 11 is 19.6. The van der Waals surface area contributed by atoms with Crippen LogP contribution in [0.3, 0.4) is 0 Å². The minimum absolute atomic E-state index is 0.162. The van der Waals surface area contributed by atoms with Gasteiger partial charge in [0, 0.05) is 33.1 Å². The molecule has 2 rings (SSSR count). The maximum Gasteiger partial charge on any atom is 0.260 e. The molecule has 25 heavy (non-hydrogen) atoms. The summed E-state index contributed by atoms with van der Waals surface area (Å²) in [5.41, 5.74) is 1.03. The second kappa shape index (κ2) is 10.2. The molecule has 2 aromatic carbocycles. The molecule has 0 saturated carbocycles. The molecule has 1 amide bonds. The highest BCUT2D eigenvalue weighted by atomic mass is 35.5. The van der Waals surface area contributed by atoms with Crippen molar-refractivity contribution in [1.82, 2.24) is 5.32 Å². The van der Waals surface area contributed by atoms with E-state index in [1.807, 2.05) is 12.1 Å². The topological polar surface area (TPSA) is 38.3 Å². The quantitative estimate of drug-likeness (QED) is 0.578. The Bertz CT molecular complexity index is 727. The summed E-state index contributed by atoms with van der Waals surface area (Å²) < 4.78 is 5.58. The minimum Gasteiger partial charge on any atom is -0.481 e. The maximum absolute atomic E-state index is 12.0. The number of hydrogen-bond acceptors (Lipinski definition) is 3. The zero-order valence-corrected chi connectivity index (χ0v) is 16.7. The van der Waals surface area contributed by atoms with Gasteiger partial charge in [0.05, 0.1) is 0 Å². The summed E-state index contributed by atoms with van der Waals surface area (Å²) in [6, 6.07) is 12.4. The Morgan fingerprint density at radius 2 is 1.92 bits per heavy atom. The van der Waals surface area contributed by atoms with E-state index in [4.69, 9.17) is 39.5 Å². The highest BCUT2D eigenvalue weighted by molar-refractivity contribution is 7.98. The molecule has 0 heterocycles. The van der Waals surface area contributed by atoms with E-state index in [2.05, 4.69) is 5.32 Å². The number of thioether (sulfide) groups is 1. The van der Waals surface area contributed by atoms with E-state index in [1.165, 1.54) is 0 Å². The first-order valence-electron chi connectivity index (χ1n) is 7.67. The first-order chi connectivity index (χ1) is 12.0. The van der Waals surface area contributed by atoms with E-state index in [0.717, 1.165) is 17.1 Å². The number of rotatable bonds is 8. The van der Waals surface area contributed by atoms with Crippen LogP contribution in [0, 0.1) is 0 Å². The Kier molecular flexibility index (Phi) is 8.24. The van der Waals surface area contributed by atoms with Crippen LogP contribution in [0.2, 0.25) is 15.1 Å². The normalized spacial score (nSPS) is 11.8. The first-order valence-corrected chi connectivity index (χ1v) is 9.96. The van der Waals surface area contributed by atoms with Crippen molar-refractivity contribution in [2.45, 2.75) is 18.8 Å². The Morgan fingerprint density at radius 1 is 1.16 bits per heavy atom. The number of carbonyl (C=O) groups excluding carboxylic acids is 1. The summed E-state index contributed by atoms with van der Waals surface area (Å²) in [5, 5.41) is 4.71. The van der Waals surface area contributed by atoms with Crippen molar-refractivity contribution in [1.29, 1.82) is 0 Å². The summed E-state index contributed by atoms with van der Waals surface area (Å²) in [5.74, 6) is 1.95. The lowest BCUT2D eigenvalue weighted by Gasteiger charge is -2.14. The molecular weight excluding hydrogens is 401 g/mol. The fourth-order valence-corrected chi connectivity index (χ4v) is 3.61. The van der Waals surface area contributed by atoms with Crippen molar-refractivity contribution in [2.75, 3.05) is 12.3 Å². The Morgan fingerprint density at radius 3 is 2.64 bits per heavy atom. The third-order valence-electron chi connectivity index (χ3n) is 3.30. The highest BCUT2D eigenvalue weighted by Gasteiger charge is 2.14. The van der Waals surface area contributed by atoms with Gasteiger partial charge in [-0.15, -0.1) is 0 Å². The number of halogens is 3. The predicted molar refractivity (Wildman–Crippen MR) is 107 cm³/mol. The molecule has 0 aliphatic rings. The Hall–Kier alpha value is -1.07.